The Kier molecular flexibility index (Phi) is 4.41. The first kappa shape index (κ1) is 18.9. The van der Waals surface area contributed by atoms with Gasteiger partial charge < -0.3 is 0 Å². The monoisotopic (exact) mass is 404 g/mol. The van der Waals surface area contributed by atoms with E-state index in [1.54, 1.807) is 11.1 Å². The van der Waals surface area contributed by atoms with Gasteiger partial charge in [-0.05, 0) is 35.1 Å². The van der Waals surface area contributed by atoms with E-state index in [2.05, 4.69) is 100.0 Å². The minimum Gasteiger partial charge on any atom is -0.0759 e. The van der Waals surface area contributed by atoms with Gasteiger partial charge >= 0.3 is 0 Å². The van der Waals surface area contributed by atoms with Crippen LogP contribution in [0, 0.1) is 0 Å². The minimum absolute atomic E-state index is 1.20. The maximum atomic E-state index is 2.67. The third kappa shape index (κ3) is 2.82. The smallest absolute Gasteiger partial charge is 0.0759 e. The first-order chi connectivity index (χ1) is 12.6. The molecule has 0 radical (unpaired) electrons. The van der Waals surface area contributed by atoms with Gasteiger partial charge in [-0.25, -0.2) is 0 Å². The zero-order chi connectivity index (χ0) is 19.4. The van der Waals surface area contributed by atoms with Gasteiger partial charge in [0.2, 0.25) is 0 Å². The largest absolute Gasteiger partial charge is 0.0945 e. The van der Waals surface area contributed by atoms with E-state index in [1.165, 1.54) is 24.0 Å². The molecule has 3 heteroatoms. The van der Waals surface area contributed by atoms with Crippen LogP contribution < -0.4 is 0 Å². The molecule has 0 heterocycles. The summed E-state index contributed by atoms with van der Waals surface area (Å²) < 4.78 is 0. The highest BCUT2D eigenvalue weighted by Crippen LogP contribution is 2.48. The van der Waals surface area contributed by atoms with Crippen LogP contribution in [0.4, 0.5) is 0 Å². The maximum absolute atomic E-state index is 2.67. The Labute approximate surface area is 167 Å². The van der Waals surface area contributed by atoms with Gasteiger partial charge in [0.25, 0.3) is 0 Å². The topological polar surface area (TPSA) is 0 Å². The molecule has 0 saturated carbocycles. The van der Waals surface area contributed by atoms with Crippen molar-refractivity contribution in [1.82, 2.24) is 0 Å². The van der Waals surface area contributed by atoms with Gasteiger partial charge in [-0.1, -0.05) is 110 Å². The van der Waals surface area contributed by atoms with Gasteiger partial charge in [0, 0.05) is 15.2 Å². The van der Waals surface area contributed by atoms with Crippen molar-refractivity contribution < 1.29 is 0 Å². The Morgan fingerprint density at radius 1 is 0.556 bits per heavy atom. The molecule has 0 N–H and O–H groups in total. The lowest BCUT2D eigenvalue weighted by atomic mass is 10.1. The molecule has 0 fully saturated rings. The molecule has 0 spiro atoms. The third-order valence-electron chi connectivity index (χ3n) is 6.74. The van der Waals surface area contributed by atoms with Gasteiger partial charge in [-0.2, -0.15) is 0 Å². The molecule has 4 rings (SSSR count). The molecule has 0 amide bonds. The summed E-state index contributed by atoms with van der Waals surface area (Å²) in [6, 6.07) is 18.2. The van der Waals surface area contributed by atoms with Crippen molar-refractivity contribution in [2.24, 2.45) is 0 Å². The normalized spacial score (nSPS) is 16.7. The molecule has 0 aromatic heterocycles. The van der Waals surface area contributed by atoms with Crippen molar-refractivity contribution in [3.8, 4) is 0 Å². The molecular formula is C24H32Si3. The van der Waals surface area contributed by atoms with Crippen LogP contribution in [-0.4, -0.2) is 22.3 Å². The highest BCUT2D eigenvalue weighted by atomic mass is 29.6. The molecule has 0 saturated heterocycles. The van der Waals surface area contributed by atoms with Crippen molar-refractivity contribution in [3.63, 3.8) is 0 Å². The first-order valence-corrected chi connectivity index (χ1v) is 21.2. The van der Waals surface area contributed by atoms with E-state index in [9.17, 15) is 0 Å². The fourth-order valence-electron chi connectivity index (χ4n) is 6.30. The molecule has 2 aliphatic carbocycles. The van der Waals surface area contributed by atoms with E-state index in [1.807, 2.05) is 10.4 Å². The highest BCUT2D eigenvalue weighted by Gasteiger charge is 2.59. The molecule has 2 aromatic carbocycles. The fourth-order valence-corrected chi connectivity index (χ4v) is 55.0. The predicted molar refractivity (Wildman–Crippen MR) is 129 cm³/mol. The number of hydrogen-bond acceptors (Lipinski definition) is 0. The van der Waals surface area contributed by atoms with Crippen LogP contribution in [0.1, 0.15) is 22.3 Å². The van der Waals surface area contributed by atoms with Gasteiger partial charge in [-0.15, -0.1) is 0 Å². The molecule has 2 aliphatic rings. The second-order valence-corrected chi connectivity index (χ2v) is 37.1. The zero-order valence-electron chi connectivity index (χ0n) is 17.7. The fraction of sp³-hybridized carbons (Fsp3) is 0.333. The average Bonchev–Trinajstić information content (AvgIpc) is 3.16. The Balaban J connectivity index is 1.93. The lowest BCUT2D eigenvalue weighted by Crippen LogP contribution is -2.74. The van der Waals surface area contributed by atoms with E-state index in [4.69, 9.17) is 0 Å². The number of allylic oxidation sites excluding steroid dienone is 2. The SMILES string of the molecule is C[Si](C)(C)[Si](C1=Cc2ccccc2C1)(C1=Cc2ccccc2C1)[Si](C)(C)C. The number of benzene rings is 2. The lowest BCUT2D eigenvalue weighted by Gasteiger charge is -2.52. The van der Waals surface area contributed by atoms with E-state index in [0.29, 0.717) is 0 Å². The van der Waals surface area contributed by atoms with Gasteiger partial charge in [-0.3, -0.25) is 0 Å². The summed E-state index contributed by atoms with van der Waals surface area (Å²) >= 11 is 0. The van der Waals surface area contributed by atoms with Crippen LogP contribution in [0.15, 0.2) is 58.9 Å². The number of rotatable bonds is 4. The van der Waals surface area contributed by atoms with Crippen molar-refractivity contribution in [3.05, 3.63) is 81.2 Å². The van der Waals surface area contributed by atoms with Crippen molar-refractivity contribution in [1.29, 1.82) is 0 Å². The standard InChI is InChI=1S/C24H32Si3/c1-25(2,3)27(26(4,5)6,23-15-19-11-7-8-12-20(19)16-23)24-17-21-13-9-10-14-22(21)18-24/h7-15,17H,16,18H2,1-6H3. The zero-order valence-corrected chi connectivity index (χ0v) is 20.7. The summed E-state index contributed by atoms with van der Waals surface area (Å²) in [6.07, 6.45) is 7.65. The molecule has 0 unspecified atom stereocenters. The van der Waals surface area contributed by atoms with E-state index in [0.717, 1.165) is 0 Å². The molecule has 27 heavy (non-hydrogen) atoms. The summed E-state index contributed by atoms with van der Waals surface area (Å²) in [5.41, 5.74) is 6.07. The van der Waals surface area contributed by atoms with Crippen molar-refractivity contribution in [2.45, 2.75) is 52.1 Å². The van der Waals surface area contributed by atoms with Crippen molar-refractivity contribution in [2.75, 3.05) is 0 Å². The first-order valence-electron chi connectivity index (χ1n) is 10.2. The Morgan fingerprint density at radius 3 is 1.26 bits per heavy atom. The molecule has 0 nitrogen and oxygen atoms in total. The van der Waals surface area contributed by atoms with Crippen LogP contribution in [0.5, 0.6) is 0 Å². The Morgan fingerprint density at radius 2 is 0.926 bits per heavy atom. The van der Waals surface area contributed by atoms with Gasteiger partial charge in [0.15, 0.2) is 0 Å². The summed E-state index contributed by atoms with van der Waals surface area (Å²) in [6.45, 7) is 16.0. The summed E-state index contributed by atoms with van der Waals surface area (Å²) in [7, 11) is -4.56. The van der Waals surface area contributed by atoms with Crippen molar-refractivity contribution >= 4 is 34.4 Å². The summed E-state index contributed by atoms with van der Waals surface area (Å²) in [5, 5.41) is 3.70. The number of fused-ring (bicyclic) bond motifs is 2. The van der Waals surface area contributed by atoms with E-state index >= 15 is 0 Å². The predicted octanol–water partition coefficient (Wildman–Crippen LogP) is 6.63. The molecule has 0 atom stereocenters. The third-order valence-corrected chi connectivity index (χ3v) is 44.7. The van der Waals surface area contributed by atoms with Crippen LogP contribution in [0.3, 0.4) is 0 Å². The quantitative estimate of drug-likeness (QED) is 0.502. The Bertz CT molecular complexity index is 873. The summed E-state index contributed by atoms with van der Waals surface area (Å²) in [4.78, 5) is 0. The molecule has 2 aromatic rings. The number of hydrogen-bond donors (Lipinski definition) is 0. The summed E-state index contributed by atoms with van der Waals surface area (Å²) in [5.74, 6) is 0. The highest BCUT2D eigenvalue weighted by molar-refractivity contribution is 7.73. The van der Waals surface area contributed by atoms with E-state index < -0.39 is 22.3 Å². The minimum atomic E-state index is -1.73. The molecule has 140 valence electrons. The molecular weight excluding hydrogens is 373 g/mol. The molecule has 0 aliphatic heterocycles. The second kappa shape index (κ2) is 6.29. The Hall–Kier alpha value is -1.43. The van der Waals surface area contributed by atoms with Crippen LogP contribution in [0.25, 0.3) is 12.2 Å². The average molecular weight is 405 g/mol. The maximum Gasteiger partial charge on any atom is 0.0945 e. The van der Waals surface area contributed by atoms with Crippen LogP contribution in [0.2, 0.25) is 39.3 Å². The lowest BCUT2D eigenvalue weighted by molar-refractivity contribution is 1.24. The second-order valence-electron chi connectivity index (χ2n) is 10.3. The molecule has 0 bridgehead atoms. The van der Waals surface area contributed by atoms with Gasteiger partial charge in [0.1, 0.15) is 0 Å². The van der Waals surface area contributed by atoms with E-state index in [-0.39, 0.29) is 0 Å². The van der Waals surface area contributed by atoms with Crippen LogP contribution in [-0.2, 0) is 12.8 Å². The van der Waals surface area contributed by atoms with Gasteiger partial charge in [0.05, 0.1) is 7.11 Å². The van der Waals surface area contributed by atoms with Crippen LogP contribution >= 0.6 is 0 Å².